The average molecular weight is 337 g/mol. The lowest BCUT2D eigenvalue weighted by Gasteiger charge is -2.17. The van der Waals surface area contributed by atoms with E-state index < -0.39 is 10.8 Å². The normalized spacial score (nSPS) is 13.5. The summed E-state index contributed by atoms with van der Waals surface area (Å²) in [5.41, 5.74) is 6.81. The second-order valence-electron chi connectivity index (χ2n) is 4.84. The van der Waals surface area contributed by atoms with Gasteiger partial charge in [0, 0.05) is 34.6 Å². The number of nitrogens with zero attached hydrogens (tertiary/aromatic N) is 1. The van der Waals surface area contributed by atoms with Crippen molar-refractivity contribution < 1.29 is 9.00 Å². The zero-order valence-electron chi connectivity index (χ0n) is 12.3. The molecule has 2 unspecified atom stereocenters. The van der Waals surface area contributed by atoms with Gasteiger partial charge in [-0.05, 0) is 12.1 Å². The maximum atomic E-state index is 12.3. The van der Waals surface area contributed by atoms with E-state index >= 15 is 0 Å². The molecule has 0 bridgehead atoms. The van der Waals surface area contributed by atoms with Crippen molar-refractivity contribution in [3.63, 3.8) is 0 Å². The van der Waals surface area contributed by atoms with Gasteiger partial charge in [-0.1, -0.05) is 30.3 Å². The highest BCUT2D eigenvalue weighted by atomic mass is 32.2. The number of carbonyl (C=O) groups excluding carboxylic acids is 1. The van der Waals surface area contributed by atoms with Gasteiger partial charge in [-0.25, -0.2) is 4.98 Å². The molecule has 3 N–H and O–H groups in total. The molecule has 0 saturated carbocycles. The van der Waals surface area contributed by atoms with Gasteiger partial charge in [0.1, 0.15) is 5.69 Å². The van der Waals surface area contributed by atoms with Gasteiger partial charge in [-0.3, -0.25) is 9.00 Å². The summed E-state index contributed by atoms with van der Waals surface area (Å²) < 4.78 is 11.6. The lowest BCUT2D eigenvalue weighted by atomic mass is 10.1. The van der Waals surface area contributed by atoms with E-state index in [1.54, 1.807) is 11.6 Å². The molecule has 2 aromatic rings. The van der Waals surface area contributed by atoms with Gasteiger partial charge in [-0.2, -0.15) is 0 Å². The number of amides is 1. The van der Waals surface area contributed by atoms with Crippen LogP contribution in [0.25, 0.3) is 0 Å². The predicted octanol–water partition coefficient (Wildman–Crippen LogP) is 1.49. The fourth-order valence-electron chi connectivity index (χ4n) is 2.03. The molecule has 118 valence electrons. The molecule has 22 heavy (non-hydrogen) atoms. The first-order valence-electron chi connectivity index (χ1n) is 6.90. The molecule has 2 atom stereocenters. The van der Waals surface area contributed by atoms with Crippen LogP contribution in [-0.4, -0.2) is 33.7 Å². The fourth-order valence-corrected chi connectivity index (χ4v) is 3.57. The molecule has 0 aliphatic carbocycles. The van der Waals surface area contributed by atoms with Crippen LogP contribution in [0.15, 0.2) is 35.7 Å². The molecule has 0 radical (unpaired) electrons. The van der Waals surface area contributed by atoms with Crippen molar-refractivity contribution in [3.8, 4) is 0 Å². The van der Waals surface area contributed by atoms with Gasteiger partial charge in [0.2, 0.25) is 0 Å². The van der Waals surface area contributed by atoms with Gasteiger partial charge in [0.15, 0.2) is 0 Å². The molecule has 0 fully saturated rings. The van der Waals surface area contributed by atoms with Crippen LogP contribution in [0.2, 0.25) is 0 Å². The summed E-state index contributed by atoms with van der Waals surface area (Å²) in [6.45, 7) is 0.510. The molecule has 5 nitrogen and oxygen atoms in total. The van der Waals surface area contributed by atoms with E-state index in [1.165, 1.54) is 11.3 Å². The van der Waals surface area contributed by atoms with Crippen LogP contribution in [-0.2, 0) is 17.2 Å². The second kappa shape index (κ2) is 8.17. The predicted molar refractivity (Wildman–Crippen MR) is 90.5 cm³/mol. The van der Waals surface area contributed by atoms with Crippen molar-refractivity contribution in [1.29, 1.82) is 0 Å². The van der Waals surface area contributed by atoms with Crippen LogP contribution in [0.1, 0.15) is 27.1 Å². The summed E-state index contributed by atoms with van der Waals surface area (Å²) in [4.78, 5) is 16.6. The van der Waals surface area contributed by atoms with Gasteiger partial charge in [0.05, 0.1) is 11.0 Å². The van der Waals surface area contributed by atoms with Crippen molar-refractivity contribution in [2.24, 2.45) is 5.73 Å². The molecule has 0 aliphatic rings. The summed E-state index contributed by atoms with van der Waals surface area (Å²) in [7, 11) is -1.02. The number of hydrogen-bond donors (Lipinski definition) is 2. The van der Waals surface area contributed by atoms with Gasteiger partial charge in [-0.15, -0.1) is 11.3 Å². The van der Waals surface area contributed by atoms with Crippen molar-refractivity contribution in [3.05, 3.63) is 52.0 Å². The van der Waals surface area contributed by atoms with Gasteiger partial charge in [0.25, 0.3) is 5.91 Å². The maximum Gasteiger partial charge on any atom is 0.271 e. The van der Waals surface area contributed by atoms with E-state index in [2.05, 4.69) is 10.3 Å². The highest BCUT2D eigenvalue weighted by Crippen LogP contribution is 2.16. The minimum Gasteiger partial charge on any atom is -0.343 e. The van der Waals surface area contributed by atoms with Crippen molar-refractivity contribution in [2.45, 2.75) is 12.5 Å². The number of thiazole rings is 1. The summed E-state index contributed by atoms with van der Waals surface area (Å²) >= 11 is 1.43. The quantitative estimate of drug-likeness (QED) is 0.802. The van der Waals surface area contributed by atoms with Crippen LogP contribution in [0.5, 0.6) is 0 Å². The molecule has 7 heteroatoms. The Hall–Kier alpha value is -1.57. The first-order valence-corrected chi connectivity index (χ1v) is 9.51. The van der Waals surface area contributed by atoms with Crippen molar-refractivity contribution in [1.82, 2.24) is 10.3 Å². The van der Waals surface area contributed by atoms with Crippen molar-refractivity contribution >= 4 is 28.0 Å². The van der Waals surface area contributed by atoms with Crippen LogP contribution in [0.4, 0.5) is 0 Å². The van der Waals surface area contributed by atoms with E-state index in [-0.39, 0.29) is 11.9 Å². The molecule has 1 aromatic carbocycles. The van der Waals surface area contributed by atoms with Crippen LogP contribution < -0.4 is 11.1 Å². The minimum absolute atomic E-state index is 0.251. The Morgan fingerprint density at radius 3 is 2.77 bits per heavy atom. The molecule has 0 saturated heterocycles. The maximum absolute atomic E-state index is 12.3. The Balaban J connectivity index is 2.12. The lowest BCUT2D eigenvalue weighted by Crippen LogP contribution is -2.32. The molecular weight excluding hydrogens is 318 g/mol. The number of hydrogen-bond acceptors (Lipinski definition) is 5. The smallest absolute Gasteiger partial charge is 0.271 e. The van der Waals surface area contributed by atoms with Crippen LogP contribution in [0.3, 0.4) is 0 Å². The van der Waals surface area contributed by atoms with E-state index in [1.807, 2.05) is 30.3 Å². The molecular formula is C15H19N3O2S2. The number of benzene rings is 1. The SMILES string of the molecule is CS(=O)CC(NC(=O)c1csc(CCN)n1)c1ccccc1. The number of rotatable bonds is 7. The van der Waals surface area contributed by atoms with Gasteiger partial charge >= 0.3 is 0 Å². The Bertz CT molecular complexity index is 643. The number of carbonyl (C=O) groups is 1. The van der Waals surface area contributed by atoms with E-state index in [0.29, 0.717) is 24.4 Å². The largest absolute Gasteiger partial charge is 0.343 e. The highest BCUT2D eigenvalue weighted by Gasteiger charge is 2.18. The Morgan fingerprint density at radius 1 is 1.41 bits per heavy atom. The third-order valence-electron chi connectivity index (χ3n) is 3.05. The molecule has 1 aromatic heterocycles. The van der Waals surface area contributed by atoms with E-state index in [4.69, 9.17) is 5.73 Å². The second-order valence-corrected chi connectivity index (χ2v) is 7.26. The summed E-state index contributed by atoms with van der Waals surface area (Å²) in [6.07, 6.45) is 2.29. The topological polar surface area (TPSA) is 85.1 Å². The zero-order chi connectivity index (χ0) is 15.9. The number of nitrogens with one attached hydrogen (secondary N) is 1. The number of nitrogens with two attached hydrogens (primary N) is 1. The zero-order valence-corrected chi connectivity index (χ0v) is 14.0. The van der Waals surface area contributed by atoms with E-state index in [0.717, 1.165) is 10.6 Å². The fraction of sp³-hybridized carbons (Fsp3) is 0.333. The highest BCUT2D eigenvalue weighted by molar-refractivity contribution is 7.84. The third-order valence-corrected chi connectivity index (χ3v) is 4.76. The van der Waals surface area contributed by atoms with Crippen molar-refractivity contribution in [2.75, 3.05) is 18.6 Å². The first-order chi connectivity index (χ1) is 10.6. The Labute approximate surface area is 136 Å². The molecule has 0 spiro atoms. The number of aromatic nitrogens is 1. The van der Waals surface area contributed by atoms with Crippen LogP contribution >= 0.6 is 11.3 Å². The monoisotopic (exact) mass is 337 g/mol. The van der Waals surface area contributed by atoms with Crippen LogP contribution in [0, 0.1) is 0 Å². The first kappa shape index (κ1) is 16.8. The average Bonchev–Trinajstić information content (AvgIpc) is 2.96. The molecule has 0 aliphatic heterocycles. The molecule has 1 heterocycles. The molecule has 1 amide bonds. The summed E-state index contributed by atoms with van der Waals surface area (Å²) in [5.74, 6) is 0.119. The lowest BCUT2D eigenvalue weighted by molar-refractivity contribution is 0.0936. The van der Waals surface area contributed by atoms with E-state index in [9.17, 15) is 9.00 Å². The third kappa shape index (κ3) is 4.72. The Kier molecular flexibility index (Phi) is 6.23. The summed E-state index contributed by atoms with van der Waals surface area (Å²) in [5, 5.41) is 5.49. The molecule has 2 rings (SSSR count). The standard InChI is InChI=1S/C15H19N3O2S2/c1-22(20)10-13(11-5-3-2-4-6-11)18-15(19)12-9-21-14(17-12)7-8-16/h2-6,9,13H,7-8,10,16H2,1H3,(H,18,19). The minimum atomic E-state index is -1.02. The summed E-state index contributed by atoms with van der Waals surface area (Å²) in [6, 6.07) is 9.24. The Morgan fingerprint density at radius 2 is 2.14 bits per heavy atom. The van der Waals surface area contributed by atoms with Gasteiger partial charge < -0.3 is 11.1 Å².